The largest absolute Gasteiger partial charge is 0.465 e. The van der Waals surface area contributed by atoms with E-state index in [1.54, 1.807) is 19.1 Å². The molecular weight excluding hydrogens is 316 g/mol. The standard InChI is InChI=1S/C19H20N4O2/c1-13-10-11-23(22-13)17-7-5-4-6-15(17)12-20-18-9-8-16(14(2)21-18)19(24)25-3/h4-11H,12H2,1-3H3,(H,20,21). The van der Waals surface area contributed by atoms with Gasteiger partial charge in [-0.25, -0.2) is 14.5 Å². The van der Waals surface area contributed by atoms with Gasteiger partial charge in [-0.3, -0.25) is 0 Å². The van der Waals surface area contributed by atoms with Gasteiger partial charge >= 0.3 is 5.97 Å². The van der Waals surface area contributed by atoms with Crippen LogP contribution in [0.1, 0.15) is 27.3 Å². The summed E-state index contributed by atoms with van der Waals surface area (Å²) in [5, 5.41) is 7.77. The van der Waals surface area contributed by atoms with Crippen LogP contribution < -0.4 is 5.32 Å². The molecule has 0 saturated carbocycles. The zero-order chi connectivity index (χ0) is 17.8. The van der Waals surface area contributed by atoms with Gasteiger partial charge in [-0.05, 0) is 43.7 Å². The van der Waals surface area contributed by atoms with E-state index in [0.717, 1.165) is 16.9 Å². The van der Waals surface area contributed by atoms with Crippen LogP contribution in [0.4, 0.5) is 5.82 Å². The molecule has 1 N–H and O–H groups in total. The van der Waals surface area contributed by atoms with Gasteiger partial charge in [0.15, 0.2) is 0 Å². The fourth-order valence-electron chi connectivity index (χ4n) is 2.60. The Morgan fingerprint density at radius 2 is 1.96 bits per heavy atom. The molecule has 0 spiro atoms. The Labute approximate surface area is 146 Å². The molecule has 2 aromatic heterocycles. The van der Waals surface area contributed by atoms with E-state index in [-0.39, 0.29) is 5.97 Å². The molecule has 0 atom stereocenters. The molecule has 0 radical (unpaired) electrons. The number of nitrogens with one attached hydrogen (secondary N) is 1. The highest BCUT2D eigenvalue weighted by Gasteiger charge is 2.11. The van der Waals surface area contributed by atoms with Crippen molar-refractivity contribution in [2.45, 2.75) is 20.4 Å². The molecular formula is C19H20N4O2. The van der Waals surface area contributed by atoms with Crippen molar-refractivity contribution in [1.82, 2.24) is 14.8 Å². The Morgan fingerprint density at radius 3 is 2.64 bits per heavy atom. The molecule has 0 aliphatic heterocycles. The third-order valence-corrected chi connectivity index (χ3v) is 3.91. The molecule has 0 unspecified atom stereocenters. The van der Waals surface area contributed by atoms with Crippen molar-refractivity contribution in [3.63, 3.8) is 0 Å². The third kappa shape index (κ3) is 3.68. The molecule has 1 aromatic carbocycles. The summed E-state index contributed by atoms with van der Waals surface area (Å²) in [5.41, 5.74) is 4.19. The van der Waals surface area contributed by atoms with Crippen LogP contribution in [0, 0.1) is 13.8 Å². The van der Waals surface area contributed by atoms with Crippen LogP contribution in [0.5, 0.6) is 0 Å². The number of hydrogen-bond donors (Lipinski definition) is 1. The molecule has 2 heterocycles. The molecule has 3 aromatic rings. The summed E-state index contributed by atoms with van der Waals surface area (Å²) in [6.07, 6.45) is 1.95. The first-order valence-corrected chi connectivity index (χ1v) is 7.99. The predicted molar refractivity (Wildman–Crippen MR) is 95.9 cm³/mol. The monoisotopic (exact) mass is 336 g/mol. The Bertz CT molecular complexity index is 902. The lowest BCUT2D eigenvalue weighted by atomic mass is 10.1. The Balaban J connectivity index is 1.79. The van der Waals surface area contributed by atoms with Crippen molar-refractivity contribution in [3.8, 4) is 5.69 Å². The van der Waals surface area contributed by atoms with Gasteiger partial charge in [0.25, 0.3) is 0 Å². The summed E-state index contributed by atoms with van der Waals surface area (Å²) >= 11 is 0. The van der Waals surface area contributed by atoms with Gasteiger partial charge < -0.3 is 10.1 Å². The number of carbonyl (C=O) groups is 1. The normalized spacial score (nSPS) is 10.5. The van der Waals surface area contributed by atoms with Gasteiger partial charge in [0.2, 0.25) is 0 Å². The van der Waals surface area contributed by atoms with Gasteiger partial charge in [0, 0.05) is 12.7 Å². The lowest BCUT2D eigenvalue weighted by Gasteiger charge is -2.12. The minimum Gasteiger partial charge on any atom is -0.465 e. The van der Waals surface area contributed by atoms with Crippen molar-refractivity contribution < 1.29 is 9.53 Å². The van der Waals surface area contributed by atoms with Gasteiger partial charge in [0.05, 0.1) is 29.7 Å². The van der Waals surface area contributed by atoms with Crippen molar-refractivity contribution in [1.29, 1.82) is 0 Å². The average molecular weight is 336 g/mol. The molecule has 0 aliphatic rings. The maximum Gasteiger partial charge on any atom is 0.339 e. The van der Waals surface area contributed by atoms with Crippen molar-refractivity contribution in [2.24, 2.45) is 0 Å². The smallest absolute Gasteiger partial charge is 0.339 e. The van der Waals surface area contributed by atoms with Crippen LogP contribution in [-0.4, -0.2) is 27.8 Å². The van der Waals surface area contributed by atoms with E-state index in [9.17, 15) is 4.79 Å². The SMILES string of the molecule is COC(=O)c1ccc(NCc2ccccc2-n2ccc(C)n2)nc1C. The Hall–Kier alpha value is -3.15. The summed E-state index contributed by atoms with van der Waals surface area (Å²) < 4.78 is 6.61. The van der Waals surface area contributed by atoms with E-state index in [0.29, 0.717) is 23.6 Å². The molecule has 25 heavy (non-hydrogen) atoms. The maximum absolute atomic E-state index is 11.6. The van der Waals surface area contributed by atoms with E-state index >= 15 is 0 Å². The van der Waals surface area contributed by atoms with Crippen molar-refractivity contribution >= 4 is 11.8 Å². The minimum absolute atomic E-state index is 0.379. The summed E-state index contributed by atoms with van der Waals surface area (Å²) in [5.74, 6) is 0.326. The summed E-state index contributed by atoms with van der Waals surface area (Å²) in [7, 11) is 1.36. The number of carbonyl (C=O) groups excluding carboxylic acids is 1. The number of para-hydroxylation sites is 1. The molecule has 0 bridgehead atoms. The van der Waals surface area contributed by atoms with Crippen LogP contribution in [0.15, 0.2) is 48.7 Å². The van der Waals surface area contributed by atoms with E-state index in [4.69, 9.17) is 4.74 Å². The zero-order valence-corrected chi connectivity index (χ0v) is 14.5. The number of methoxy groups -OCH3 is 1. The van der Waals surface area contributed by atoms with E-state index in [1.165, 1.54) is 7.11 Å². The molecule has 128 valence electrons. The second-order valence-electron chi connectivity index (χ2n) is 5.70. The number of ether oxygens (including phenoxy) is 1. The fourth-order valence-corrected chi connectivity index (χ4v) is 2.60. The summed E-state index contributed by atoms with van der Waals surface area (Å²) in [6, 6.07) is 13.5. The number of pyridine rings is 1. The second kappa shape index (κ2) is 7.17. The topological polar surface area (TPSA) is 69.0 Å². The van der Waals surface area contributed by atoms with E-state index in [1.807, 2.05) is 42.1 Å². The minimum atomic E-state index is -0.379. The highest BCUT2D eigenvalue weighted by Crippen LogP contribution is 2.17. The van der Waals surface area contributed by atoms with Crippen molar-refractivity contribution in [2.75, 3.05) is 12.4 Å². The van der Waals surface area contributed by atoms with Crippen LogP contribution >= 0.6 is 0 Å². The number of aryl methyl sites for hydroxylation is 2. The Morgan fingerprint density at radius 1 is 1.16 bits per heavy atom. The number of nitrogens with zero attached hydrogens (tertiary/aromatic N) is 3. The van der Waals surface area contributed by atoms with Crippen LogP contribution in [0.25, 0.3) is 5.69 Å². The average Bonchev–Trinajstić information content (AvgIpc) is 3.06. The van der Waals surface area contributed by atoms with Gasteiger partial charge in [-0.2, -0.15) is 5.10 Å². The Kier molecular flexibility index (Phi) is 4.79. The first-order chi connectivity index (χ1) is 12.1. The van der Waals surface area contributed by atoms with Gasteiger partial charge in [-0.15, -0.1) is 0 Å². The molecule has 3 rings (SSSR count). The first-order valence-electron chi connectivity index (χ1n) is 7.99. The third-order valence-electron chi connectivity index (χ3n) is 3.91. The first kappa shape index (κ1) is 16.7. The van der Waals surface area contributed by atoms with Gasteiger partial charge in [-0.1, -0.05) is 18.2 Å². The number of benzene rings is 1. The van der Waals surface area contributed by atoms with E-state index in [2.05, 4.69) is 21.5 Å². The quantitative estimate of drug-likeness (QED) is 0.724. The van der Waals surface area contributed by atoms with Gasteiger partial charge in [0.1, 0.15) is 5.82 Å². The predicted octanol–water partition coefficient (Wildman–Crippen LogP) is 3.28. The van der Waals surface area contributed by atoms with E-state index < -0.39 is 0 Å². The van der Waals surface area contributed by atoms with Crippen LogP contribution in [0.3, 0.4) is 0 Å². The highest BCUT2D eigenvalue weighted by atomic mass is 16.5. The summed E-state index contributed by atoms with van der Waals surface area (Å²) in [4.78, 5) is 16.1. The lowest BCUT2D eigenvalue weighted by molar-refractivity contribution is 0.0599. The number of aromatic nitrogens is 3. The second-order valence-corrected chi connectivity index (χ2v) is 5.70. The number of rotatable bonds is 5. The van der Waals surface area contributed by atoms with Crippen LogP contribution in [0.2, 0.25) is 0 Å². The molecule has 0 fully saturated rings. The fraction of sp³-hybridized carbons (Fsp3) is 0.211. The number of esters is 1. The van der Waals surface area contributed by atoms with Crippen LogP contribution in [-0.2, 0) is 11.3 Å². The molecule has 0 aliphatic carbocycles. The molecule has 6 heteroatoms. The molecule has 6 nitrogen and oxygen atoms in total. The highest BCUT2D eigenvalue weighted by molar-refractivity contribution is 5.90. The number of anilines is 1. The lowest BCUT2D eigenvalue weighted by Crippen LogP contribution is -2.09. The molecule has 0 amide bonds. The zero-order valence-electron chi connectivity index (χ0n) is 14.5. The summed E-state index contributed by atoms with van der Waals surface area (Å²) in [6.45, 7) is 4.35. The van der Waals surface area contributed by atoms with Crippen molar-refractivity contribution in [3.05, 3.63) is 71.2 Å². The maximum atomic E-state index is 11.6. The number of hydrogen-bond acceptors (Lipinski definition) is 5. The molecule has 0 saturated heterocycles.